The summed E-state index contributed by atoms with van der Waals surface area (Å²) in [7, 11) is 0. The van der Waals surface area contributed by atoms with Gasteiger partial charge in [0, 0.05) is 11.8 Å². The third-order valence-corrected chi connectivity index (χ3v) is 3.95. The Kier molecular flexibility index (Phi) is 13.6. The topological polar surface area (TPSA) is 46.2 Å². The van der Waals surface area contributed by atoms with Crippen LogP contribution in [-0.4, -0.2) is 29.3 Å². The van der Waals surface area contributed by atoms with Gasteiger partial charge in [0.1, 0.15) is 0 Å². The molecule has 3 N–H and O–H groups in total. The molecule has 0 aliphatic rings. The molecule has 3 heteroatoms. The Labute approximate surface area is 105 Å². The average molecular weight is 247 g/mol. The lowest BCUT2D eigenvalue weighted by molar-refractivity contribution is 0.275. The fourth-order valence-corrected chi connectivity index (χ4v) is 2.61. The molecule has 98 valence electrons. The first-order valence-corrected chi connectivity index (χ1v) is 7.91. The highest BCUT2D eigenvalue weighted by Gasteiger charge is 1.99. The second-order valence-corrected chi connectivity index (χ2v) is 5.64. The molecule has 0 bridgehead atoms. The molecule has 0 aromatic heterocycles. The lowest BCUT2D eigenvalue weighted by atomic mass is 10.1. The van der Waals surface area contributed by atoms with Gasteiger partial charge in [-0.1, -0.05) is 51.9 Å². The first kappa shape index (κ1) is 16.3. The number of aliphatic hydroxyl groups is 1. The normalized spacial score (nSPS) is 12.9. The minimum absolute atomic E-state index is 0.0287. The Morgan fingerprint density at radius 1 is 1.00 bits per heavy atom. The predicted octanol–water partition coefficient (Wildman–Crippen LogP) is 3.18. The molecular formula is C13H29NOS. The summed E-state index contributed by atoms with van der Waals surface area (Å²) in [6.07, 6.45) is 11.0. The molecule has 0 aromatic rings. The minimum Gasteiger partial charge on any atom is -0.395 e. The SMILES string of the molecule is CCCCCCCCCCSC[C@H](N)CO. The van der Waals surface area contributed by atoms with Crippen LogP contribution < -0.4 is 5.73 Å². The Hall–Kier alpha value is 0.270. The number of aliphatic hydroxyl groups excluding tert-OH is 1. The van der Waals surface area contributed by atoms with Gasteiger partial charge in [0.2, 0.25) is 0 Å². The molecule has 0 rings (SSSR count). The van der Waals surface area contributed by atoms with E-state index in [4.69, 9.17) is 10.8 Å². The van der Waals surface area contributed by atoms with Crippen LogP contribution in [0.2, 0.25) is 0 Å². The van der Waals surface area contributed by atoms with Crippen LogP contribution in [0.1, 0.15) is 58.3 Å². The second-order valence-electron chi connectivity index (χ2n) is 4.49. The van der Waals surface area contributed by atoms with Gasteiger partial charge in [-0.15, -0.1) is 0 Å². The number of unbranched alkanes of at least 4 members (excludes halogenated alkanes) is 7. The van der Waals surface area contributed by atoms with Gasteiger partial charge in [-0.05, 0) is 12.2 Å². The molecule has 0 aliphatic heterocycles. The predicted molar refractivity (Wildman–Crippen MR) is 75.0 cm³/mol. The lowest BCUT2D eigenvalue weighted by Gasteiger charge is -2.07. The smallest absolute Gasteiger partial charge is 0.0590 e. The van der Waals surface area contributed by atoms with Crippen LogP contribution in [0.4, 0.5) is 0 Å². The Morgan fingerprint density at radius 3 is 2.12 bits per heavy atom. The van der Waals surface area contributed by atoms with Crippen molar-refractivity contribution in [2.75, 3.05) is 18.1 Å². The van der Waals surface area contributed by atoms with E-state index in [9.17, 15) is 0 Å². The largest absolute Gasteiger partial charge is 0.395 e. The molecule has 0 fully saturated rings. The van der Waals surface area contributed by atoms with Gasteiger partial charge < -0.3 is 10.8 Å². The summed E-state index contributed by atoms with van der Waals surface area (Å²) in [6.45, 7) is 2.37. The number of nitrogens with two attached hydrogens (primary N) is 1. The fraction of sp³-hybridized carbons (Fsp3) is 1.00. The summed E-state index contributed by atoms with van der Waals surface area (Å²) in [4.78, 5) is 0. The van der Waals surface area contributed by atoms with Crippen LogP contribution in [0.15, 0.2) is 0 Å². The van der Waals surface area contributed by atoms with E-state index in [-0.39, 0.29) is 12.6 Å². The maximum Gasteiger partial charge on any atom is 0.0590 e. The van der Waals surface area contributed by atoms with Gasteiger partial charge >= 0.3 is 0 Å². The maximum atomic E-state index is 8.74. The monoisotopic (exact) mass is 247 g/mol. The lowest BCUT2D eigenvalue weighted by Crippen LogP contribution is -2.27. The molecule has 0 amide bonds. The van der Waals surface area contributed by atoms with Crippen LogP contribution in [0, 0.1) is 0 Å². The van der Waals surface area contributed by atoms with E-state index in [1.165, 1.54) is 57.1 Å². The number of thioether (sulfide) groups is 1. The number of rotatable bonds is 12. The van der Waals surface area contributed by atoms with Crippen molar-refractivity contribution in [3.8, 4) is 0 Å². The van der Waals surface area contributed by atoms with E-state index < -0.39 is 0 Å². The van der Waals surface area contributed by atoms with E-state index in [0.717, 1.165) is 5.75 Å². The van der Waals surface area contributed by atoms with Crippen molar-refractivity contribution < 1.29 is 5.11 Å². The van der Waals surface area contributed by atoms with E-state index in [1.807, 2.05) is 11.8 Å². The highest BCUT2D eigenvalue weighted by molar-refractivity contribution is 7.99. The van der Waals surface area contributed by atoms with Gasteiger partial charge in [0.25, 0.3) is 0 Å². The van der Waals surface area contributed by atoms with Crippen LogP contribution in [0.25, 0.3) is 0 Å². The van der Waals surface area contributed by atoms with Crippen molar-refractivity contribution in [1.29, 1.82) is 0 Å². The van der Waals surface area contributed by atoms with E-state index in [0.29, 0.717) is 0 Å². The van der Waals surface area contributed by atoms with Gasteiger partial charge in [-0.25, -0.2) is 0 Å². The molecule has 0 aromatic carbocycles. The standard InChI is InChI=1S/C13H29NOS/c1-2-3-4-5-6-7-8-9-10-16-12-13(14)11-15/h13,15H,2-12,14H2,1H3/t13-/m1/s1. The zero-order valence-corrected chi connectivity index (χ0v) is 11.6. The molecule has 0 unspecified atom stereocenters. The minimum atomic E-state index is -0.0287. The Morgan fingerprint density at radius 2 is 1.56 bits per heavy atom. The average Bonchev–Trinajstić information content (AvgIpc) is 2.31. The van der Waals surface area contributed by atoms with Gasteiger partial charge in [-0.3, -0.25) is 0 Å². The highest BCUT2D eigenvalue weighted by atomic mass is 32.2. The van der Waals surface area contributed by atoms with E-state index in [1.54, 1.807) is 0 Å². The van der Waals surface area contributed by atoms with Gasteiger partial charge in [0.05, 0.1) is 6.61 Å². The number of hydrogen-bond donors (Lipinski definition) is 2. The molecule has 0 heterocycles. The molecule has 0 saturated carbocycles. The summed E-state index contributed by atoms with van der Waals surface area (Å²) < 4.78 is 0. The quantitative estimate of drug-likeness (QED) is 0.521. The first-order valence-electron chi connectivity index (χ1n) is 6.75. The second kappa shape index (κ2) is 13.3. The van der Waals surface area contributed by atoms with Crippen molar-refractivity contribution in [1.82, 2.24) is 0 Å². The van der Waals surface area contributed by atoms with Gasteiger partial charge in [-0.2, -0.15) is 11.8 Å². The summed E-state index contributed by atoms with van der Waals surface area (Å²) >= 11 is 1.87. The zero-order chi connectivity index (χ0) is 12.1. The third kappa shape index (κ3) is 12.3. The Balaban J connectivity index is 2.93. The molecule has 0 saturated heterocycles. The van der Waals surface area contributed by atoms with Crippen molar-refractivity contribution in [2.24, 2.45) is 5.73 Å². The maximum absolute atomic E-state index is 8.74. The molecular weight excluding hydrogens is 218 g/mol. The van der Waals surface area contributed by atoms with Gasteiger partial charge in [0.15, 0.2) is 0 Å². The van der Waals surface area contributed by atoms with Crippen molar-refractivity contribution >= 4 is 11.8 Å². The third-order valence-electron chi connectivity index (χ3n) is 2.71. The molecule has 1 atom stereocenters. The first-order chi connectivity index (χ1) is 7.81. The molecule has 0 aliphatic carbocycles. The summed E-state index contributed by atoms with van der Waals surface area (Å²) in [5.41, 5.74) is 5.61. The zero-order valence-electron chi connectivity index (χ0n) is 10.8. The Bertz CT molecular complexity index is 133. The van der Waals surface area contributed by atoms with E-state index in [2.05, 4.69) is 6.92 Å². The molecule has 16 heavy (non-hydrogen) atoms. The highest BCUT2D eigenvalue weighted by Crippen LogP contribution is 2.11. The van der Waals surface area contributed by atoms with Crippen molar-refractivity contribution in [2.45, 2.75) is 64.3 Å². The molecule has 0 radical (unpaired) electrons. The summed E-state index contributed by atoms with van der Waals surface area (Å²) in [6, 6.07) is -0.0287. The van der Waals surface area contributed by atoms with Crippen LogP contribution in [0.5, 0.6) is 0 Å². The molecule has 2 nitrogen and oxygen atoms in total. The number of hydrogen-bond acceptors (Lipinski definition) is 3. The summed E-state index contributed by atoms with van der Waals surface area (Å²) in [5, 5.41) is 8.74. The fourth-order valence-electron chi connectivity index (χ4n) is 1.63. The van der Waals surface area contributed by atoms with Crippen molar-refractivity contribution in [3.05, 3.63) is 0 Å². The van der Waals surface area contributed by atoms with Crippen molar-refractivity contribution in [3.63, 3.8) is 0 Å². The van der Waals surface area contributed by atoms with Crippen LogP contribution in [0.3, 0.4) is 0 Å². The van der Waals surface area contributed by atoms with Crippen LogP contribution in [-0.2, 0) is 0 Å². The van der Waals surface area contributed by atoms with E-state index >= 15 is 0 Å². The summed E-state index contributed by atoms with van der Waals surface area (Å²) in [5.74, 6) is 2.09. The molecule has 0 spiro atoms. The van der Waals surface area contributed by atoms with Crippen LogP contribution >= 0.6 is 11.8 Å².